The average molecular weight is 330 g/mol. The number of nitrogens with one attached hydrogen (secondary N) is 1. The highest BCUT2D eigenvalue weighted by Gasteiger charge is 2.25. The molecule has 21 heavy (non-hydrogen) atoms. The Kier molecular flexibility index (Phi) is 5.45. The number of carbonyl (C=O) groups excluding carboxylic acids is 2. The van der Waals surface area contributed by atoms with E-state index in [4.69, 9.17) is 28.9 Å². The van der Waals surface area contributed by atoms with Crippen LogP contribution in [0.4, 0.5) is 5.69 Å². The number of halogens is 2. The Hall–Kier alpha value is -1.30. The lowest BCUT2D eigenvalue weighted by Crippen LogP contribution is -2.44. The minimum absolute atomic E-state index is 0.168. The Bertz CT molecular complexity index is 531. The minimum Gasteiger partial charge on any atom is -0.369 e. The Labute approximate surface area is 133 Å². The molecule has 1 fully saturated rings. The fourth-order valence-electron chi connectivity index (χ4n) is 2.46. The quantitative estimate of drug-likeness (QED) is 0.888. The lowest BCUT2D eigenvalue weighted by atomic mass is 9.97. The maximum Gasteiger partial charge on any atom is 0.238 e. The van der Waals surface area contributed by atoms with Crippen molar-refractivity contribution < 1.29 is 9.59 Å². The first-order valence-electron chi connectivity index (χ1n) is 6.71. The zero-order chi connectivity index (χ0) is 15.4. The summed E-state index contributed by atoms with van der Waals surface area (Å²) in [6.07, 6.45) is 1.65. The van der Waals surface area contributed by atoms with E-state index < -0.39 is 0 Å². The van der Waals surface area contributed by atoms with Gasteiger partial charge in [-0.15, -0.1) is 0 Å². The van der Waals surface area contributed by atoms with Crippen LogP contribution in [0.2, 0.25) is 10.0 Å². The third kappa shape index (κ3) is 4.88. The SMILES string of the molecule is NC(=O)[C@H]1CCCN(CC(=O)Nc2cc(Cl)cc(Cl)c2)C1. The van der Waals surface area contributed by atoms with Crippen molar-refractivity contribution in [2.24, 2.45) is 11.7 Å². The topological polar surface area (TPSA) is 75.4 Å². The highest BCUT2D eigenvalue weighted by atomic mass is 35.5. The molecule has 0 saturated carbocycles. The molecule has 0 aliphatic carbocycles. The summed E-state index contributed by atoms with van der Waals surface area (Å²) in [5, 5.41) is 3.67. The first-order chi connectivity index (χ1) is 9.94. The van der Waals surface area contributed by atoms with Crippen LogP contribution in [0.1, 0.15) is 12.8 Å². The maximum absolute atomic E-state index is 12.0. The first kappa shape index (κ1) is 16.1. The predicted octanol–water partition coefficient (Wildman–Crippen LogP) is 2.13. The van der Waals surface area contributed by atoms with E-state index in [1.54, 1.807) is 18.2 Å². The zero-order valence-electron chi connectivity index (χ0n) is 11.4. The van der Waals surface area contributed by atoms with Crippen molar-refractivity contribution in [1.29, 1.82) is 0 Å². The number of amides is 2. The summed E-state index contributed by atoms with van der Waals surface area (Å²) in [5.74, 6) is -0.646. The van der Waals surface area contributed by atoms with Gasteiger partial charge in [0.2, 0.25) is 11.8 Å². The van der Waals surface area contributed by atoms with Gasteiger partial charge in [-0.1, -0.05) is 23.2 Å². The van der Waals surface area contributed by atoms with Crippen molar-refractivity contribution in [1.82, 2.24) is 4.90 Å². The van der Waals surface area contributed by atoms with Crippen LogP contribution < -0.4 is 11.1 Å². The molecular formula is C14H17Cl2N3O2. The van der Waals surface area contributed by atoms with E-state index in [0.717, 1.165) is 19.4 Å². The molecule has 0 aromatic heterocycles. The fraction of sp³-hybridized carbons (Fsp3) is 0.429. The summed E-state index contributed by atoms with van der Waals surface area (Å²) in [4.78, 5) is 25.2. The number of benzene rings is 1. The largest absolute Gasteiger partial charge is 0.369 e. The first-order valence-corrected chi connectivity index (χ1v) is 7.47. The summed E-state index contributed by atoms with van der Waals surface area (Å²) >= 11 is 11.8. The number of likely N-dealkylation sites (tertiary alicyclic amines) is 1. The van der Waals surface area contributed by atoms with E-state index in [1.165, 1.54) is 0 Å². The summed E-state index contributed by atoms with van der Waals surface area (Å²) < 4.78 is 0. The molecule has 2 amide bonds. The lowest BCUT2D eigenvalue weighted by molar-refractivity contribution is -0.125. The van der Waals surface area contributed by atoms with Crippen molar-refractivity contribution in [3.05, 3.63) is 28.2 Å². The monoisotopic (exact) mass is 329 g/mol. The number of anilines is 1. The van der Waals surface area contributed by atoms with Gasteiger partial charge in [0, 0.05) is 22.3 Å². The number of hydrogen-bond acceptors (Lipinski definition) is 3. The van der Waals surface area contributed by atoms with E-state index in [9.17, 15) is 9.59 Å². The molecular weight excluding hydrogens is 313 g/mol. The van der Waals surface area contributed by atoms with Crippen LogP contribution in [0.3, 0.4) is 0 Å². The molecule has 1 atom stereocenters. The van der Waals surface area contributed by atoms with E-state index in [1.807, 2.05) is 4.90 Å². The minimum atomic E-state index is -0.304. The second-order valence-electron chi connectivity index (χ2n) is 5.18. The normalized spacial score (nSPS) is 19.2. The second-order valence-corrected chi connectivity index (χ2v) is 6.06. The van der Waals surface area contributed by atoms with Gasteiger partial charge in [0.25, 0.3) is 0 Å². The Morgan fingerprint density at radius 3 is 2.57 bits per heavy atom. The molecule has 2 rings (SSSR count). The lowest BCUT2D eigenvalue weighted by Gasteiger charge is -2.30. The Morgan fingerprint density at radius 2 is 1.95 bits per heavy atom. The van der Waals surface area contributed by atoms with Crippen molar-refractivity contribution in [3.8, 4) is 0 Å². The highest BCUT2D eigenvalue weighted by Crippen LogP contribution is 2.22. The summed E-state index contributed by atoms with van der Waals surface area (Å²) in [5.41, 5.74) is 5.88. The molecule has 0 spiro atoms. The Morgan fingerprint density at radius 1 is 1.29 bits per heavy atom. The molecule has 0 bridgehead atoms. The van der Waals surface area contributed by atoms with Gasteiger partial charge < -0.3 is 11.1 Å². The van der Waals surface area contributed by atoms with Crippen LogP contribution in [-0.4, -0.2) is 36.3 Å². The molecule has 1 aliphatic rings. The van der Waals surface area contributed by atoms with E-state index in [2.05, 4.69) is 5.32 Å². The molecule has 0 unspecified atom stereocenters. The van der Waals surface area contributed by atoms with Gasteiger partial charge in [-0.2, -0.15) is 0 Å². The van der Waals surface area contributed by atoms with Crippen molar-refractivity contribution in [2.45, 2.75) is 12.8 Å². The molecule has 1 saturated heterocycles. The number of hydrogen-bond donors (Lipinski definition) is 2. The molecule has 0 radical (unpaired) electrons. The van der Waals surface area contributed by atoms with Crippen molar-refractivity contribution in [2.75, 3.05) is 25.0 Å². The van der Waals surface area contributed by atoms with Gasteiger partial charge in [-0.3, -0.25) is 14.5 Å². The van der Waals surface area contributed by atoms with Crippen LogP contribution in [0.25, 0.3) is 0 Å². The third-order valence-corrected chi connectivity index (χ3v) is 3.86. The summed E-state index contributed by atoms with van der Waals surface area (Å²) in [6, 6.07) is 4.86. The van der Waals surface area contributed by atoms with Crippen LogP contribution in [0.5, 0.6) is 0 Å². The smallest absolute Gasteiger partial charge is 0.238 e. The second kappa shape index (κ2) is 7.11. The van der Waals surface area contributed by atoms with Gasteiger partial charge in [0.05, 0.1) is 12.5 Å². The number of nitrogens with zero attached hydrogens (tertiary/aromatic N) is 1. The summed E-state index contributed by atoms with van der Waals surface area (Å²) in [7, 11) is 0. The van der Waals surface area contributed by atoms with Gasteiger partial charge in [-0.05, 0) is 37.6 Å². The molecule has 5 nitrogen and oxygen atoms in total. The number of piperidine rings is 1. The van der Waals surface area contributed by atoms with E-state index >= 15 is 0 Å². The van der Waals surface area contributed by atoms with Crippen LogP contribution in [0.15, 0.2) is 18.2 Å². The van der Waals surface area contributed by atoms with Crippen LogP contribution >= 0.6 is 23.2 Å². The molecule has 7 heteroatoms. The maximum atomic E-state index is 12.0. The van der Waals surface area contributed by atoms with Crippen molar-refractivity contribution >= 4 is 40.7 Å². The molecule has 1 aromatic rings. The fourth-order valence-corrected chi connectivity index (χ4v) is 2.99. The number of primary amides is 1. The van der Waals surface area contributed by atoms with Gasteiger partial charge in [0.15, 0.2) is 0 Å². The van der Waals surface area contributed by atoms with E-state index in [0.29, 0.717) is 22.3 Å². The van der Waals surface area contributed by atoms with Gasteiger partial charge >= 0.3 is 0 Å². The zero-order valence-corrected chi connectivity index (χ0v) is 13.0. The molecule has 1 aromatic carbocycles. The number of nitrogens with two attached hydrogens (primary N) is 1. The number of carbonyl (C=O) groups is 2. The number of rotatable bonds is 4. The molecule has 3 N–H and O–H groups in total. The van der Waals surface area contributed by atoms with E-state index in [-0.39, 0.29) is 24.3 Å². The van der Waals surface area contributed by atoms with Crippen LogP contribution in [0, 0.1) is 5.92 Å². The third-order valence-electron chi connectivity index (χ3n) is 3.42. The highest BCUT2D eigenvalue weighted by molar-refractivity contribution is 6.35. The summed E-state index contributed by atoms with van der Waals surface area (Å²) in [6.45, 7) is 1.53. The Balaban J connectivity index is 1.90. The van der Waals surface area contributed by atoms with Gasteiger partial charge in [0.1, 0.15) is 0 Å². The average Bonchev–Trinajstić information content (AvgIpc) is 2.37. The van der Waals surface area contributed by atoms with Crippen molar-refractivity contribution in [3.63, 3.8) is 0 Å². The predicted molar refractivity (Wildman–Crippen MR) is 83.5 cm³/mol. The molecule has 1 heterocycles. The molecule has 1 aliphatic heterocycles. The van der Waals surface area contributed by atoms with Crippen LogP contribution in [-0.2, 0) is 9.59 Å². The molecule has 114 valence electrons. The standard InChI is InChI=1S/C14H17Cl2N3O2/c15-10-4-11(16)6-12(5-10)18-13(20)8-19-3-1-2-9(7-19)14(17)21/h4-6,9H,1-3,7-8H2,(H2,17,21)(H,18,20)/t9-/m0/s1. The van der Waals surface area contributed by atoms with Gasteiger partial charge in [-0.25, -0.2) is 0 Å².